The Morgan fingerprint density at radius 3 is 2.45 bits per heavy atom. The topological polar surface area (TPSA) is 98.2 Å². The van der Waals surface area contributed by atoms with Gasteiger partial charge in [-0.25, -0.2) is 0 Å². The molecular weight excluding hydrogens is 322 g/mol. The summed E-state index contributed by atoms with van der Waals surface area (Å²) < 4.78 is 0.612. The SMILES string of the molecule is NC(=O)c1ccccc1NC(=O)c1cc(N)ccc1Br. The molecule has 0 atom stereocenters. The van der Waals surface area contributed by atoms with Gasteiger partial charge in [0.05, 0.1) is 16.8 Å². The number of carbonyl (C=O) groups is 2. The molecule has 0 saturated carbocycles. The van der Waals surface area contributed by atoms with Crippen LogP contribution in [0.2, 0.25) is 0 Å². The van der Waals surface area contributed by atoms with E-state index < -0.39 is 5.91 Å². The molecule has 6 heteroatoms. The van der Waals surface area contributed by atoms with E-state index in [2.05, 4.69) is 21.2 Å². The van der Waals surface area contributed by atoms with Crippen molar-refractivity contribution in [3.63, 3.8) is 0 Å². The Labute approximate surface area is 124 Å². The second-order valence-electron chi connectivity index (χ2n) is 4.10. The Bertz CT molecular complexity index is 686. The van der Waals surface area contributed by atoms with E-state index >= 15 is 0 Å². The highest BCUT2D eigenvalue weighted by atomic mass is 79.9. The van der Waals surface area contributed by atoms with E-state index in [1.807, 2.05) is 0 Å². The van der Waals surface area contributed by atoms with Crippen molar-refractivity contribution < 1.29 is 9.59 Å². The first-order valence-corrected chi connectivity index (χ1v) is 6.53. The van der Waals surface area contributed by atoms with Gasteiger partial charge in [-0.2, -0.15) is 0 Å². The highest BCUT2D eigenvalue weighted by Gasteiger charge is 2.14. The van der Waals surface area contributed by atoms with Crippen molar-refractivity contribution in [3.8, 4) is 0 Å². The minimum Gasteiger partial charge on any atom is -0.399 e. The number of amides is 2. The lowest BCUT2D eigenvalue weighted by Gasteiger charge is -2.10. The van der Waals surface area contributed by atoms with Crippen LogP contribution in [0.15, 0.2) is 46.9 Å². The monoisotopic (exact) mass is 333 g/mol. The van der Waals surface area contributed by atoms with Crippen LogP contribution in [-0.2, 0) is 0 Å². The summed E-state index contributed by atoms with van der Waals surface area (Å²) in [5.41, 5.74) is 12.4. The van der Waals surface area contributed by atoms with Gasteiger partial charge in [-0.1, -0.05) is 12.1 Å². The van der Waals surface area contributed by atoms with Crippen LogP contribution in [0, 0.1) is 0 Å². The third-order valence-corrected chi connectivity index (χ3v) is 3.37. The van der Waals surface area contributed by atoms with E-state index in [-0.39, 0.29) is 11.5 Å². The van der Waals surface area contributed by atoms with Gasteiger partial charge in [0, 0.05) is 10.2 Å². The van der Waals surface area contributed by atoms with Crippen molar-refractivity contribution >= 4 is 39.1 Å². The molecule has 0 bridgehead atoms. The Balaban J connectivity index is 2.33. The lowest BCUT2D eigenvalue weighted by Crippen LogP contribution is -2.18. The second kappa shape index (κ2) is 5.75. The average Bonchev–Trinajstić information content (AvgIpc) is 2.41. The van der Waals surface area contributed by atoms with Crippen molar-refractivity contribution in [2.24, 2.45) is 5.73 Å². The van der Waals surface area contributed by atoms with Gasteiger partial charge in [0.1, 0.15) is 0 Å². The normalized spacial score (nSPS) is 10.1. The number of halogens is 1. The van der Waals surface area contributed by atoms with Gasteiger partial charge in [0.15, 0.2) is 0 Å². The smallest absolute Gasteiger partial charge is 0.256 e. The molecular formula is C14H12BrN3O2. The molecule has 5 N–H and O–H groups in total. The number of carbonyl (C=O) groups excluding carboxylic acids is 2. The Morgan fingerprint density at radius 2 is 1.75 bits per heavy atom. The number of nitrogens with one attached hydrogen (secondary N) is 1. The summed E-state index contributed by atoms with van der Waals surface area (Å²) in [6.45, 7) is 0. The minimum absolute atomic E-state index is 0.251. The number of anilines is 2. The molecule has 0 aliphatic carbocycles. The molecule has 0 aliphatic rings. The van der Waals surface area contributed by atoms with Crippen LogP contribution in [0.25, 0.3) is 0 Å². The Kier molecular flexibility index (Phi) is 4.05. The number of rotatable bonds is 3. The van der Waals surface area contributed by atoms with Crippen LogP contribution in [0.4, 0.5) is 11.4 Å². The van der Waals surface area contributed by atoms with Crippen LogP contribution in [0.5, 0.6) is 0 Å². The largest absolute Gasteiger partial charge is 0.399 e. The molecule has 0 spiro atoms. The molecule has 0 radical (unpaired) electrons. The maximum Gasteiger partial charge on any atom is 0.256 e. The predicted octanol–water partition coefficient (Wildman–Crippen LogP) is 2.38. The van der Waals surface area contributed by atoms with Crippen LogP contribution in [0.1, 0.15) is 20.7 Å². The first-order chi connectivity index (χ1) is 9.49. The number of para-hydroxylation sites is 1. The molecule has 0 unspecified atom stereocenters. The van der Waals surface area contributed by atoms with Gasteiger partial charge in [-0.15, -0.1) is 0 Å². The molecule has 102 valence electrons. The Morgan fingerprint density at radius 1 is 1.05 bits per heavy atom. The summed E-state index contributed by atoms with van der Waals surface area (Å²) >= 11 is 3.28. The molecule has 5 nitrogen and oxygen atoms in total. The fourth-order valence-electron chi connectivity index (χ4n) is 1.71. The van der Waals surface area contributed by atoms with Gasteiger partial charge in [-0.3, -0.25) is 9.59 Å². The zero-order chi connectivity index (χ0) is 14.7. The fraction of sp³-hybridized carbons (Fsp3) is 0. The van der Waals surface area contributed by atoms with Gasteiger partial charge in [-0.05, 0) is 46.3 Å². The predicted molar refractivity (Wildman–Crippen MR) is 81.5 cm³/mol. The first kappa shape index (κ1) is 14.1. The molecule has 2 aromatic carbocycles. The lowest BCUT2D eigenvalue weighted by atomic mass is 10.1. The molecule has 2 amide bonds. The summed E-state index contributed by atoms with van der Waals surface area (Å²) in [4.78, 5) is 23.5. The third-order valence-electron chi connectivity index (χ3n) is 2.68. The first-order valence-electron chi connectivity index (χ1n) is 5.74. The van der Waals surface area contributed by atoms with Gasteiger partial charge in [0.25, 0.3) is 11.8 Å². The summed E-state index contributed by atoms with van der Waals surface area (Å²) in [7, 11) is 0. The second-order valence-corrected chi connectivity index (χ2v) is 4.96. The number of hydrogen-bond acceptors (Lipinski definition) is 3. The van der Waals surface area contributed by atoms with Crippen molar-refractivity contribution in [3.05, 3.63) is 58.1 Å². The van der Waals surface area contributed by atoms with Crippen molar-refractivity contribution in [2.75, 3.05) is 11.1 Å². The fourth-order valence-corrected chi connectivity index (χ4v) is 2.14. The van der Waals surface area contributed by atoms with E-state index in [9.17, 15) is 9.59 Å². The zero-order valence-electron chi connectivity index (χ0n) is 10.4. The van der Waals surface area contributed by atoms with Crippen LogP contribution < -0.4 is 16.8 Å². The summed E-state index contributed by atoms with van der Waals surface area (Å²) in [5.74, 6) is -0.981. The van der Waals surface area contributed by atoms with Crippen LogP contribution in [0.3, 0.4) is 0 Å². The standard InChI is InChI=1S/C14H12BrN3O2/c15-11-6-5-8(16)7-10(11)14(20)18-12-4-2-1-3-9(12)13(17)19/h1-7H,16H2,(H2,17,19)(H,18,20). The number of nitrogens with two attached hydrogens (primary N) is 2. The molecule has 0 aliphatic heterocycles. The molecule has 2 rings (SSSR count). The Hall–Kier alpha value is -2.34. The van der Waals surface area contributed by atoms with Crippen LogP contribution >= 0.6 is 15.9 Å². The molecule has 2 aromatic rings. The van der Waals surface area contributed by atoms with E-state index in [0.717, 1.165) is 0 Å². The maximum absolute atomic E-state index is 12.2. The minimum atomic E-state index is -0.604. The molecule has 0 saturated heterocycles. The van der Waals surface area contributed by atoms with Crippen molar-refractivity contribution in [2.45, 2.75) is 0 Å². The van der Waals surface area contributed by atoms with E-state index in [4.69, 9.17) is 11.5 Å². The molecule has 0 heterocycles. The maximum atomic E-state index is 12.2. The molecule has 0 aromatic heterocycles. The molecule has 20 heavy (non-hydrogen) atoms. The molecule has 0 fully saturated rings. The number of nitrogen functional groups attached to an aromatic ring is 1. The summed E-state index contributed by atoms with van der Waals surface area (Å²) in [5, 5.41) is 2.65. The third kappa shape index (κ3) is 2.97. The highest BCUT2D eigenvalue weighted by Crippen LogP contribution is 2.22. The highest BCUT2D eigenvalue weighted by molar-refractivity contribution is 9.10. The zero-order valence-corrected chi connectivity index (χ0v) is 12.0. The van der Waals surface area contributed by atoms with E-state index in [0.29, 0.717) is 21.4 Å². The quantitative estimate of drug-likeness (QED) is 0.752. The number of benzene rings is 2. The van der Waals surface area contributed by atoms with Crippen molar-refractivity contribution in [1.82, 2.24) is 0 Å². The van der Waals surface area contributed by atoms with E-state index in [1.54, 1.807) is 42.5 Å². The van der Waals surface area contributed by atoms with Crippen LogP contribution in [-0.4, -0.2) is 11.8 Å². The summed E-state index contributed by atoms with van der Waals surface area (Å²) in [6, 6.07) is 11.4. The number of hydrogen-bond donors (Lipinski definition) is 3. The summed E-state index contributed by atoms with van der Waals surface area (Å²) in [6.07, 6.45) is 0. The average molecular weight is 334 g/mol. The van der Waals surface area contributed by atoms with Gasteiger partial charge in [0.2, 0.25) is 0 Å². The number of primary amides is 1. The lowest BCUT2D eigenvalue weighted by molar-refractivity contribution is 0.100. The van der Waals surface area contributed by atoms with Crippen molar-refractivity contribution in [1.29, 1.82) is 0 Å². The van der Waals surface area contributed by atoms with Gasteiger partial charge < -0.3 is 16.8 Å². The van der Waals surface area contributed by atoms with E-state index in [1.165, 1.54) is 0 Å². The van der Waals surface area contributed by atoms with Gasteiger partial charge >= 0.3 is 0 Å².